The Morgan fingerprint density at radius 1 is 1.11 bits per heavy atom. The summed E-state index contributed by atoms with van der Waals surface area (Å²) in [6, 6.07) is 1.69. The van der Waals surface area contributed by atoms with Gasteiger partial charge in [0.15, 0.2) is 11.6 Å². The zero-order chi connectivity index (χ0) is 13.8. The molecule has 0 amide bonds. The van der Waals surface area contributed by atoms with Crippen molar-refractivity contribution >= 4 is 0 Å². The van der Waals surface area contributed by atoms with Crippen LogP contribution in [0.15, 0.2) is 6.07 Å². The zero-order valence-electron chi connectivity index (χ0n) is 11.8. The molecule has 0 radical (unpaired) electrons. The lowest BCUT2D eigenvalue weighted by Gasteiger charge is -2.25. The van der Waals surface area contributed by atoms with Gasteiger partial charge in [0.2, 0.25) is 5.82 Å². The predicted octanol–water partition coefficient (Wildman–Crippen LogP) is 4.97. The van der Waals surface area contributed by atoms with E-state index in [-0.39, 0.29) is 11.7 Å². The molecule has 0 N–H and O–H groups in total. The molecule has 0 spiro atoms. The number of hydrogen-bond acceptors (Lipinski definition) is 1. The van der Waals surface area contributed by atoms with Gasteiger partial charge in [-0.05, 0) is 49.3 Å². The quantitative estimate of drug-likeness (QED) is 0.748. The van der Waals surface area contributed by atoms with Gasteiger partial charge in [-0.15, -0.1) is 0 Å². The van der Waals surface area contributed by atoms with Crippen LogP contribution in [0.4, 0.5) is 8.78 Å². The van der Waals surface area contributed by atoms with Gasteiger partial charge in [0.25, 0.3) is 0 Å². The summed E-state index contributed by atoms with van der Waals surface area (Å²) >= 11 is 0. The second-order valence-corrected chi connectivity index (χ2v) is 5.20. The molecule has 0 atom stereocenters. The number of benzene rings is 1. The molecular formula is C16H22F2O. The lowest BCUT2D eigenvalue weighted by molar-refractivity contribution is 0.310. The van der Waals surface area contributed by atoms with Crippen LogP contribution in [-0.4, -0.2) is 6.61 Å². The maximum atomic E-state index is 14.4. The van der Waals surface area contributed by atoms with Crippen molar-refractivity contribution in [2.45, 2.75) is 58.3 Å². The first-order valence-corrected chi connectivity index (χ1v) is 7.32. The van der Waals surface area contributed by atoms with Crippen LogP contribution < -0.4 is 4.74 Å². The third-order valence-corrected chi connectivity index (χ3v) is 3.99. The van der Waals surface area contributed by atoms with Crippen LogP contribution in [0.3, 0.4) is 0 Å². The first-order chi connectivity index (χ1) is 9.19. The van der Waals surface area contributed by atoms with E-state index in [2.05, 4.69) is 0 Å². The van der Waals surface area contributed by atoms with E-state index < -0.39 is 11.6 Å². The molecule has 1 saturated carbocycles. The molecule has 0 heterocycles. The van der Waals surface area contributed by atoms with Gasteiger partial charge in [0, 0.05) is 0 Å². The fourth-order valence-corrected chi connectivity index (χ4v) is 3.05. The first-order valence-electron chi connectivity index (χ1n) is 7.32. The molecule has 0 aromatic heterocycles. The van der Waals surface area contributed by atoms with Gasteiger partial charge in [-0.1, -0.05) is 26.2 Å². The average molecular weight is 268 g/mol. The Bertz CT molecular complexity index is 437. The van der Waals surface area contributed by atoms with Gasteiger partial charge in [0.1, 0.15) is 0 Å². The van der Waals surface area contributed by atoms with Crippen LogP contribution in [0.25, 0.3) is 0 Å². The Labute approximate surface area is 114 Å². The summed E-state index contributed by atoms with van der Waals surface area (Å²) in [5, 5.41) is 0. The molecule has 106 valence electrons. The van der Waals surface area contributed by atoms with E-state index in [0.29, 0.717) is 18.6 Å². The van der Waals surface area contributed by atoms with Gasteiger partial charge in [0.05, 0.1) is 6.61 Å². The van der Waals surface area contributed by atoms with Gasteiger partial charge in [-0.25, -0.2) is 4.39 Å². The van der Waals surface area contributed by atoms with Crippen LogP contribution >= 0.6 is 0 Å². The van der Waals surface area contributed by atoms with Crippen LogP contribution in [0.1, 0.15) is 63.0 Å². The summed E-state index contributed by atoms with van der Waals surface area (Å²) in [6.45, 7) is 4.11. The third-order valence-electron chi connectivity index (χ3n) is 3.99. The van der Waals surface area contributed by atoms with Crippen molar-refractivity contribution in [2.75, 3.05) is 6.61 Å². The standard InChI is InChI=1S/C16H22F2O/c1-3-11-10-13(19-4-2)15(17)16(18)14(11)12-8-6-5-7-9-12/h10,12H,3-9H2,1-2H3. The Kier molecular flexibility index (Phi) is 4.78. The molecule has 0 unspecified atom stereocenters. The van der Waals surface area contributed by atoms with Crippen molar-refractivity contribution in [2.24, 2.45) is 0 Å². The van der Waals surface area contributed by atoms with E-state index in [1.165, 1.54) is 6.42 Å². The van der Waals surface area contributed by atoms with Gasteiger partial charge < -0.3 is 4.74 Å². The SMILES string of the molecule is CCOc1cc(CC)c(C2CCCCC2)c(F)c1F. The van der Waals surface area contributed by atoms with Crippen molar-refractivity contribution in [3.63, 3.8) is 0 Å². The molecule has 2 rings (SSSR count). The number of halogens is 2. The normalized spacial score (nSPS) is 16.6. The van der Waals surface area contributed by atoms with E-state index in [0.717, 1.165) is 31.2 Å². The lowest BCUT2D eigenvalue weighted by Crippen LogP contribution is -2.12. The minimum Gasteiger partial charge on any atom is -0.491 e. The Balaban J connectivity index is 2.43. The Morgan fingerprint density at radius 2 is 1.79 bits per heavy atom. The highest BCUT2D eigenvalue weighted by Crippen LogP contribution is 2.39. The molecule has 1 aliphatic rings. The highest BCUT2D eigenvalue weighted by Gasteiger charge is 2.26. The van der Waals surface area contributed by atoms with Crippen molar-refractivity contribution in [3.8, 4) is 5.75 Å². The summed E-state index contributed by atoms with van der Waals surface area (Å²) < 4.78 is 33.6. The summed E-state index contributed by atoms with van der Waals surface area (Å²) in [6.07, 6.45) is 6.08. The van der Waals surface area contributed by atoms with E-state index in [9.17, 15) is 8.78 Å². The number of ether oxygens (including phenoxy) is 1. The zero-order valence-corrected chi connectivity index (χ0v) is 11.8. The summed E-state index contributed by atoms with van der Waals surface area (Å²) in [7, 11) is 0. The fourth-order valence-electron chi connectivity index (χ4n) is 3.05. The van der Waals surface area contributed by atoms with Crippen LogP contribution in [0, 0.1) is 11.6 Å². The highest BCUT2D eigenvalue weighted by atomic mass is 19.2. The summed E-state index contributed by atoms with van der Waals surface area (Å²) in [5.74, 6) is -1.28. The first kappa shape index (κ1) is 14.3. The third kappa shape index (κ3) is 2.90. The fraction of sp³-hybridized carbons (Fsp3) is 0.625. The Morgan fingerprint density at radius 3 is 2.37 bits per heavy atom. The molecule has 0 bridgehead atoms. The molecule has 0 aliphatic heterocycles. The van der Waals surface area contributed by atoms with Crippen molar-refractivity contribution < 1.29 is 13.5 Å². The van der Waals surface area contributed by atoms with E-state index >= 15 is 0 Å². The van der Waals surface area contributed by atoms with E-state index in [1.807, 2.05) is 6.92 Å². The van der Waals surface area contributed by atoms with Crippen LogP contribution in [0.5, 0.6) is 5.75 Å². The second-order valence-electron chi connectivity index (χ2n) is 5.20. The molecule has 1 aliphatic carbocycles. The number of aryl methyl sites for hydroxylation is 1. The monoisotopic (exact) mass is 268 g/mol. The minimum absolute atomic E-state index is 0.0522. The molecule has 3 heteroatoms. The topological polar surface area (TPSA) is 9.23 Å². The lowest BCUT2D eigenvalue weighted by atomic mass is 9.81. The van der Waals surface area contributed by atoms with E-state index in [4.69, 9.17) is 4.74 Å². The number of hydrogen-bond donors (Lipinski definition) is 0. The summed E-state index contributed by atoms with van der Waals surface area (Å²) in [4.78, 5) is 0. The van der Waals surface area contributed by atoms with E-state index in [1.54, 1.807) is 13.0 Å². The Hall–Kier alpha value is -1.12. The highest BCUT2D eigenvalue weighted by molar-refractivity contribution is 5.40. The van der Waals surface area contributed by atoms with Gasteiger partial charge in [-0.3, -0.25) is 0 Å². The number of rotatable bonds is 4. The second kappa shape index (κ2) is 6.36. The van der Waals surface area contributed by atoms with Crippen molar-refractivity contribution in [1.29, 1.82) is 0 Å². The predicted molar refractivity (Wildman–Crippen MR) is 72.7 cm³/mol. The maximum absolute atomic E-state index is 14.4. The van der Waals surface area contributed by atoms with Gasteiger partial charge in [-0.2, -0.15) is 4.39 Å². The molecule has 19 heavy (non-hydrogen) atoms. The smallest absolute Gasteiger partial charge is 0.200 e. The maximum Gasteiger partial charge on any atom is 0.200 e. The molecule has 1 fully saturated rings. The molecular weight excluding hydrogens is 246 g/mol. The average Bonchev–Trinajstić information content (AvgIpc) is 2.44. The summed E-state index contributed by atoms with van der Waals surface area (Å²) in [5.41, 5.74) is 1.50. The molecule has 1 nitrogen and oxygen atoms in total. The molecule has 1 aromatic rings. The van der Waals surface area contributed by atoms with Gasteiger partial charge >= 0.3 is 0 Å². The van der Waals surface area contributed by atoms with Crippen LogP contribution in [-0.2, 0) is 6.42 Å². The largest absolute Gasteiger partial charge is 0.491 e. The molecule has 0 saturated heterocycles. The van der Waals surface area contributed by atoms with Crippen LogP contribution in [0.2, 0.25) is 0 Å². The van der Waals surface area contributed by atoms with Crippen molar-refractivity contribution in [3.05, 3.63) is 28.8 Å². The molecule has 1 aromatic carbocycles. The van der Waals surface area contributed by atoms with Crippen molar-refractivity contribution in [1.82, 2.24) is 0 Å². The minimum atomic E-state index is -0.820.